The lowest BCUT2D eigenvalue weighted by Gasteiger charge is -2.13. The van der Waals surface area contributed by atoms with E-state index in [1.54, 1.807) is 85.2 Å². The number of hydrogen-bond acceptors (Lipinski definition) is 10. The average molecular weight is 854 g/mol. The summed E-state index contributed by atoms with van der Waals surface area (Å²) in [4.78, 5) is 55.9. The van der Waals surface area contributed by atoms with E-state index in [0.717, 1.165) is 25.7 Å². The van der Waals surface area contributed by atoms with Crippen molar-refractivity contribution >= 4 is 80.3 Å². The summed E-state index contributed by atoms with van der Waals surface area (Å²) in [5, 5.41) is 13.0. The quantitative estimate of drug-likeness (QED) is 0.0692. The number of nitrogens with one attached hydrogen (secondary N) is 4. The number of ether oxygens (including phenoxy) is 4. The molecule has 4 aromatic carbocycles. The number of amides is 6. The molecule has 16 nitrogen and oxygen atoms in total. The third-order valence-electron chi connectivity index (χ3n) is 9.23. The molecule has 0 bridgehead atoms. The molecule has 0 spiro atoms. The van der Waals surface area contributed by atoms with Crippen LogP contribution in [0.25, 0.3) is 21.8 Å². The third kappa shape index (κ3) is 9.97. The van der Waals surface area contributed by atoms with Crippen molar-refractivity contribution in [3.05, 3.63) is 106 Å². The summed E-state index contributed by atoms with van der Waals surface area (Å²) < 4.78 is 22.4. The van der Waals surface area contributed by atoms with Crippen molar-refractivity contribution in [3.63, 3.8) is 0 Å². The van der Waals surface area contributed by atoms with Crippen LogP contribution in [0.2, 0.25) is 10.0 Å². The summed E-state index contributed by atoms with van der Waals surface area (Å²) >= 11 is 12.6. The van der Waals surface area contributed by atoms with Crippen LogP contribution in [0.4, 0.5) is 21.0 Å². The predicted molar refractivity (Wildman–Crippen MR) is 227 cm³/mol. The number of rotatable bonds is 12. The number of hydrogen-bond donors (Lipinski definition) is 6. The molecule has 0 aliphatic heterocycles. The minimum absolute atomic E-state index is 0.224. The maximum absolute atomic E-state index is 11.9. The zero-order valence-electron chi connectivity index (χ0n) is 32.1. The number of pyridine rings is 2. The average Bonchev–Trinajstić information content (AvgIpc) is 4.18. The topological polar surface area (TPSA) is 231 Å². The van der Waals surface area contributed by atoms with E-state index in [2.05, 4.69) is 31.2 Å². The lowest BCUT2D eigenvalue weighted by atomic mass is 10.1. The van der Waals surface area contributed by atoms with Gasteiger partial charge in [-0.2, -0.15) is 0 Å². The van der Waals surface area contributed by atoms with Crippen molar-refractivity contribution in [1.29, 1.82) is 0 Å². The van der Waals surface area contributed by atoms with Crippen LogP contribution in [0.3, 0.4) is 0 Å². The number of halogens is 2. The lowest BCUT2D eigenvalue weighted by Crippen LogP contribution is -2.30. The lowest BCUT2D eigenvalue weighted by molar-refractivity contribution is 0.0989. The van der Waals surface area contributed by atoms with Crippen molar-refractivity contribution in [2.45, 2.75) is 37.8 Å². The number of benzene rings is 4. The number of primary amides is 2. The zero-order chi connectivity index (χ0) is 42.5. The summed E-state index contributed by atoms with van der Waals surface area (Å²) in [6.07, 6.45) is 7.16. The Bertz CT molecular complexity index is 2480. The molecule has 0 radical (unpaired) electrons. The van der Waals surface area contributed by atoms with Crippen LogP contribution in [0.15, 0.2) is 85.2 Å². The van der Waals surface area contributed by atoms with Gasteiger partial charge >= 0.3 is 12.1 Å². The number of carbonyl (C=O) groups is 4. The van der Waals surface area contributed by atoms with Crippen LogP contribution >= 0.6 is 23.2 Å². The summed E-state index contributed by atoms with van der Waals surface area (Å²) in [6, 6.07) is 19.5. The summed E-state index contributed by atoms with van der Waals surface area (Å²) in [5.74, 6) is 1.28. The summed E-state index contributed by atoms with van der Waals surface area (Å²) in [5.41, 5.74) is 13.5. The molecular formula is C42H38Cl2N8O8. The second-order valence-electron chi connectivity index (χ2n) is 13.7. The second kappa shape index (κ2) is 17.8. The van der Waals surface area contributed by atoms with Gasteiger partial charge < -0.3 is 51.7 Å². The highest BCUT2D eigenvalue weighted by molar-refractivity contribution is 6.34. The molecule has 2 aromatic heterocycles. The molecule has 2 aliphatic rings. The van der Waals surface area contributed by atoms with Crippen molar-refractivity contribution in [3.8, 4) is 34.5 Å². The maximum atomic E-state index is 11.9. The van der Waals surface area contributed by atoms with Gasteiger partial charge in [-0.05, 0) is 74.2 Å². The number of fused-ring (bicyclic) bond motifs is 2. The number of carbonyl (C=O) groups excluding carboxylic acids is 4. The second-order valence-corrected chi connectivity index (χ2v) is 14.5. The van der Waals surface area contributed by atoms with E-state index in [0.29, 0.717) is 77.7 Å². The van der Waals surface area contributed by atoms with Gasteiger partial charge in [0.1, 0.15) is 34.5 Å². The van der Waals surface area contributed by atoms with Gasteiger partial charge in [0.15, 0.2) is 0 Å². The number of anilines is 2. The van der Waals surface area contributed by atoms with Crippen LogP contribution in [-0.4, -0.2) is 60.1 Å². The molecule has 2 aliphatic carbocycles. The molecule has 0 atom stereocenters. The number of nitrogens with zero attached hydrogens (tertiary/aromatic N) is 2. The molecule has 8 rings (SSSR count). The molecule has 308 valence electrons. The van der Waals surface area contributed by atoms with Gasteiger partial charge in [0.2, 0.25) is 0 Å². The first kappa shape index (κ1) is 41.1. The first-order chi connectivity index (χ1) is 28.9. The molecule has 60 heavy (non-hydrogen) atoms. The van der Waals surface area contributed by atoms with Crippen molar-refractivity contribution in [1.82, 2.24) is 20.6 Å². The number of nitrogens with two attached hydrogens (primary N) is 2. The van der Waals surface area contributed by atoms with Crippen LogP contribution in [0.1, 0.15) is 46.4 Å². The maximum Gasteiger partial charge on any atom is 0.319 e. The molecular weight excluding hydrogens is 815 g/mol. The molecule has 6 amide bonds. The fraction of sp³-hybridized carbons (Fsp3) is 0.190. The smallest absolute Gasteiger partial charge is 0.319 e. The normalized spacial score (nSPS) is 13.0. The molecule has 2 saturated carbocycles. The van der Waals surface area contributed by atoms with Crippen LogP contribution in [0, 0.1) is 0 Å². The molecule has 0 saturated heterocycles. The Morgan fingerprint density at radius 1 is 0.583 bits per heavy atom. The van der Waals surface area contributed by atoms with Gasteiger partial charge in [-0.1, -0.05) is 23.2 Å². The Labute approximate surface area is 352 Å². The minimum atomic E-state index is -0.619. The first-order valence-electron chi connectivity index (χ1n) is 18.5. The Morgan fingerprint density at radius 3 is 1.32 bits per heavy atom. The van der Waals surface area contributed by atoms with E-state index in [-0.39, 0.29) is 35.3 Å². The molecule has 18 heteroatoms. The number of urea groups is 2. The van der Waals surface area contributed by atoms with Gasteiger partial charge in [0.25, 0.3) is 11.8 Å². The number of aromatic nitrogens is 2. The van der Waals surface area contributed by atoms with Crippen LogP contribution in [0.5, 0.6) is 34.5 Å². The van der Waals surface area contributed by atoms with E-state index < -0.39 is 11.8 Å². The molecule has 0 unspecified atom stereocenters. The predicted octanol–water partition coefficient (Wildman–Crippen LogP) is 8.14. The van der Waals surface area contributed by atoms with E-state index >= 15 is 0 Å². The molecule has 6 aromatic rings. The van der Waals surface area contributed by atoms with Crippen molar-refractivity contribution in [2.24, 2.45) is 11.5 Å². The Morgan fingerprint density at radius 2 is 0.983 bits per heavy atom. The highest BCUT2D eigenvalue weighted by Crippen LogP contribution is 2.37. The third-order valence-corrected chi connectivity index (χ3v) is 9.86. The van der Waals surface area contributed by atoms with Crippen molar-refractivity contribution < 1.29 is 38.1 Å². The molecule has 8 N–H and O–H groups in total. The summed E-state index contributed by atoms with van der Waals surface area (Å²) in [6.45, 7) is 0. The van der Waals surface area contributed by atoms with E-state index in [1.165, 1.54) is 14.2 Å². The monoisotopic (exact) mass is 852 g/mol. The van der Waals surface area contributed by atoms with Crippen LogP contribution in [-0.2, 0) is 0 Å². The van der Waals surface area contributed by atoms with Crippen molar-refractivity contribution in [2.75, 3.05) is 24.9 Å². The van der Waals surface area contributed by atoms with Gasteiger partial charge in [-0.15, -0.1) is 0 Å². The van der Waals surface area contributed by atoms with E-state index in [1.807, 2.05) is 0 Å². The summed E-state index contributed by atoms with van der Waals surface area (Å²) in [7, 11) is 2.91. The SMILES string of the molecule is COc1cc2nccc(Oc3ccc(NC(=O)NC4CC4)c(Cl)c3)c2cc1C(N)=O.COc1cc2nccc(Oc3ccc(NC(=O)NC4CC4)c(Cl)c3)c2cc1C(N)=O. The van der Waals surface area contributed by atoms with Gasteiger partial charge in [-0.25, -0.2) is 9.59 Å². The van der Waals surface area contributed by atoms with Crippen LogP contribution < -0.4 is 51.7 Å². The molecule has 2 heterocycles. The largest absolute Gasteiger partial charge is 0.496 e. The van der Waals surface area contributed by atoms with Gasteiger partial charge in [-0.3, -0.25) is 19.6 Å². The Kier molecular flexibility index (Phi) is 12.2. The fourth-order valence-corrected chi connectivity index (χ4v) is 6.35. The Hall–Kier alpha value is -7.04. The van der Waals surface area contributed by atoms with Gasteiger partial charge in [0.05, 0.1) is 57.8 Å². The van der Waals surface area contributed by atoms with E-state index in [9.17, 15) is 19.2 Å². The first-order valence-corrected chi connectivity index (χ1v) is 19.3. The van der Waals surface area contributed by atoms with Gasteiger partial charge in [0, 0.05) is 59.5 Å². The Balaban J connectivity index is 0.000000181. The zero-order valence-corrected chi connectivity index (χ0v) is 33.6. The molecule has 2 fully saturated rings. The highest BCUT2D eigenvalue weighted by atomic mass is 35.5. The fourth-order valence-electron chi connectivity index (χ4n) is 5.92. The van der Waals surface area contributed by atoms with E-state index in [4.69, 9.17) is 53.6 Å². The minimum Gasteiger partial charge on any atom is -0.496 e. The standard InChI is InChI=1S/2C21H19ClN4O4/c2*1-29-19-10-17-13(9-14(19)20(23)27)18(6-7-24-17)30-12-4-5-16(15(22)8-12)26-21(28)25-11-2-3-11/h2*4-11H,2-3H2,1H3,(H2,23,27)(H2,25,26,28). The number of methoxy groups -OCH3 is 2. The highest BCUT2D eigenvalue weighted by Gasteiger charge is 2.25.